The molecule has 0 aromatic rings. The van der Waals surface area contributed by atoms with E-state index < -0.39 is 11.9 Å². The molecule has 2 aliphatic rings. The lowest BCUT2D eigenvalue weighted by Gasteiger charge is -2.17. The van der Waals surface area contributed by atoms with E-state index in [2.05, 4.69) is 10.2 Å². The summed E-state index contributed by atoms with van der Waals surface area (Å²) in [4.78, 5) is 25.4. The summed E-state index contributed by atoms with van der Waals surface area (Å²) >= 11 is 0. The summed E-state index contributed by atoms with van der Waals surface area (Å²) in [5.41, 5.74) is 0. The van der Waals surface area contributed by atoms with Crippen LogP contribution >= 0.6 is 0 Å². The molecule has 0 aromatic carbocycles. The lowest BCUT2D eigenvalue weighted by Crippen LogP contribution is -2.36. The molecule has 5 nitrogen and oxygen atoms in total. The molecule has 1 aliphatic carbocycles. The molecule has 19 heavy (non-hydrogen) atoms. The summed E-state index contributed by atoms with van der Waals surface area (Å²) in [5, 5.41) is 12.0. The lowest BCUT2D eigenvalue weighted by atomic mass is 9.95. The van der Waals surface area contributed by atoms with Gasteiger partial charge in [0.05, 0.1) is 11.8 Å². The van der Waals surface area contributed by atoms with Crippen molar-refractivity contribution in [2.24, 2.45) is 11.8 Å². The molecule has 2 fully saturated rings. The summed E-state index contributed by atoms with van der Waals surface area (Å²) in [6, 6.07) is 0. The lowest BCUT2D eigenvalue weighted by molar-refractivity contribution is -0.146. The molecule has 1 aliphatic heterocycles. The van der Waals surface area contributed by atoms with Crippen LogP contribution in [-0.2, 0) is 9.59 Å². The van der Waals surface area contributed by atoms with Gasteiger partial charge in [-0.25, -0.2) is 0 Å². The van der Waals surface area contributed by atoms with Gasteiger partial charge in [0.2, 0.25) is 5.91 Å². The molecule has 1 amide bonds. The van der Waals surface area contributed by atoms with Crippen LogP contribution < -0.4 is 5.32 Å². The highest BCUT2D eigenvalue weighted by molar-refractivity contribution is 5.85. The Morgan fingerprint density at radius 2 is 1.79 bits per heavy atom. The standard InChI is InChI=1S/C14H24N2O3/c17-13(11-5-3-6-12(11)14(18)19)15-7-4-10-16-8-1-2-9-16/h11-12H,1-10H2,(H,15,17)(H,18,19). The Bertz CT molecular complexity index is 327. The van der Waals surface area contributed by atoms with Crippen molar-refractivity contribution in [2.75, 3.05) is 26.2 Å². The number of carboxylic acids is 1. The molecule has 2 atom stereocenters. The monoisotopic (exact) mass is 268 g/mol. The highest BCUT2D eigenvalue weighted by Crippen LogP contribution is 2.31. The maximum atomic E-state index is 12.0. The minimum Gasteiger partial charge on any atom is -0.481 e. The van der Waals surface area contributed by atoms with Gasteiger partial charge in [-0.15, -0.1) is 0 Å². The van der Waals surface area contributed by atoms with Gasteiger partial charge in [0.25, 0.3) is 0 Å². The van der Waals surface area contributed by atoms with Gasteiger partial charge >= 0.3 is 5.97 Å². The first-order valence-electron chi connectivity index (χ1n) is 7.41. The molecule has 2 unspecified atom stereocenters. The van der Waals surface area contributed by atoms with E-state index in [1.54, 1.807) is 0 Å². The second-order valence-corrected chi connectivity index (χ2v) is 5.68. The van der Waals surface area contributed by atoms with E-state index in [-0.39, 0.29) is 11.8 Å². The molecule has 0 aromatic heterocycles. The topological polar surface area (TPSA) is 69.6 Å². The summed E-state index contributed by atoms with van der Waals surface area (Å²) in [7, 11) is 0. The Balaban J connectivity index is 1.64. The Kier molecular flexibility index (Phi) is 5.19. The van der Waals surface area contributed by atoms with Crippen molar-refractivity contribution in [3.63, 3.8) is 0 Å². The van der Waals surface area contributed by atoms with Crippen molar-refractivity contribution < 1.29 is 14.7 Å². The van der Waals surface area contributed by atoms with Crippen LogP contribution in [0.25, 0.3) is 0 Å². The first-order chi connectivity index (χ1) is 9.18. The number of likely N-dealkylation sites (tertiary alicyclic amines) is 1. The zero-order valence-corrected chi connectivity index (χ0v) is 11.4. The Hall–Kier alpha value is -1.10. The third kappa shape index (κ3) is 3.93. The molecule has 0 spiro atoms. The second-order valence-electron chi connectivity index (χ2n) is 5.68. The zero-order valence-electron chi connectivity index (χ0n) is 11.4. The number of carbonyl (C=O) groups excluding carboxylic acids is 1. The third-order valence-corrected chi connectivity index (χ3v) is 4.32. The fourth-order valence-electron chi connectivity index (χ4n) is 3.22. The van der Waals surface area contributed by atoms with Gasteiger partial charge in [0.15, 0.2) is 0 Å². The van der Waals surface area contributed by atoms with Gasteiger partial charge in [-0.05, 0) is 51.7 Å². The Labute approximate surface area is 114 Å². The minimum absolute atomic E-state index is 0.0636. The predicted molar refractivity (Wildman–Crippen MR) is 71.8 cm³/mol. The summed E-state index contributed by atoms with van der Waals surface area (Å²) in [6.07, 6.45) is 5.73. The van der Waals surface area contributed by atoms with E-state index in [1.807, 2.05) is 0 Å². The normalized spacial score (nSPS) is 27.6. The smallest absolute Gasteiger partial charge is 0.307 e. The van der Waals surface area contributed by atoms with E-state index in [0.29, 0.717) is 13.0 Å². The van der Waals surface area contributed by atoms with Gasteiger partial charge in [-0.2, -0.15) is 0 Å². The number of nitrogens with zero attached hydrogens (tertiary/aromatic N) is 1. The minimum atomic E-state index is -0.824. The molecule has 1 heterocycles. The fourth-order valence-corrected chi connectivity index (χ4v) is 3.22. The van der Waals surface area contributed by atoms with E-state index in [9.17, 15) is 9.59 Å². The van der Waals surface area contributed by atoms with E-state index >= 15 is 0 Å². The molecule has 2 rings (SSSR count). The van der Waals surface area contributed by atoms with Crippen molar-refractivity contribution in [3.8, 4) is 0 Å². The number of aliphatic carboxylic acids is 1. The largest absolute Gasteiger partial charge is 0.481 e. The average molecular weight is 268 g/mol. The van der Waals surface area contributed by atoms with E-state index in [4.69, 9.17) is 5.11 Å². The van der Waals surface area contributed by atoms with Crippen LogP contribution in [0.3, 0.4) is 0 Å². The van der Waals surface area contributed by atoms with Crippen molar-refractivity contribution in [3.05, 3.63) is 0 Å². The first-order valence-corrected chi connectivity index (χ1v) is 7.41. The first kappa shape index (κ1) is 14.3. The molecule has 108 valence electrons. The van der Waals surface area contributed by atoms with Gasteiger partial charge < -0.3 is 15.3 Å². The van der Waals surface area contributed by atoms with Gasteiger partial charge in [-0.1, -0.05) is 6.42 Å². The SMILES string of the molecule is O=C(O)C1CCCC1C(=O)NCCCN1CCCC1. The summed E-state index contributed by atoms with van der Waals surface area (Å²) in [6.45, 7) is 4.06. The summed E-state index contributed by atoms with van der Waals surface area (Å²) in [5.74, 6) is -1.68. The molecular weight excluding hydrogens is 244 g/mol. The number of rotatable bonds is 6. The summed E-state index contributed by atoms with van der Waals surface area (Å²) < 4.78 is 0. The molecule has 0 bridgehead atoms. The number of nitrogens with one attached hydrogen (secondary N) is 1. The second kappa shape index (κ2) is 6.89. The predicted octanol–water partition coefficient (Wildman–Crippen LogP) is 1.09. The molecule has 0 radical (unpaired) electrons. The van der Waals surface area contributed by atoms with Crippen molar-refractivity contribution in [2.45, 2.75) is 38.5 Å². The third-order valence-electron chi connectivity index (χ3n) is 4.32. The van der Waals surface area contributed by atoms with Crippen LogP contribution in [0.2, 0.25) is 0 Å². The van der Waals surface area contributed by atoms with Crippen LogP contribution in [0.4, 0.5) is 0 Å². The number of carbonyl (C=O) groups is 2. The van der Waals surface area contributed by atoms with Crippen LogP contribution in [0.15, 0.2) is 0 Å². The van der Waals surface area contributed by atoms with Gasteiger partial charge in [0, 0.05) is 6.54 Å². The highest BCUT2D eigenvalue weighted by Gasteiger charge is 2.37. The van der Waals surface area contributed by atoms with Gasteiger partial charge in [-0.3, -0.25) is 9.59 Å². The molecular formula is C14H24N2O3. The van der Waals surface area contributed by atoms with Crippen LogP contribution in [0.5, 0.6) is 0 Å². The molecule has 2 N–H and O–H groups in total. The number of amides is 1. The number of hydrogen-bond acceptors (Lipinski definition) is 3. The molecule has 5 heteroatoms. The average Bonchev–Trinajstić information content (AvgIpc) is 3.04. The van der Waals surface area contributed by atoms with Crippen molar-refractivity contribution in [1.29, 1.82) is 0 Å². The Morgan fingerprint density at radius 3 is 2.47 bits per heavy atom. The maximum Gasteiger partial charge on any atom is 0.307 e. The molecule has 1 saturated heterocycles. The fraction of sp³-hybridized carbons (Fsp3) is 0.857. The van der Waals surface area contributed by atoms with Crippen LogP contribution in [-0.4, -0.2) is 48.1 Å². The van der Waals surface area contributed by atoms with Crippen LogP contribution in [0.1, 0.15) is 38.5 Å². The zero-order chi connectivity index (χ0) is 13.7. The van der Waals surface area contributed by atoms with Crippen molar-refractivity contribution >= 4 is 11.9 Å². The van der Waals surface area contributed by atoms with Crippen LogP contribution in [0, 0.1) is 11.8 Å². The quantitative estimate of drug-likeness (QED) is 0.708. The maximum absolute atomic E-state index is 12.0. The number of hydrogen-bond donors (Lipinski definition) is 2. The van der Waals surface area contributed by atoms with Gasteiger partial charge in [0.1, 0.15) is 0 Å². The Morgan fingerprint density at radius 1 is 1.11 bits per heavy atom. The van der Waals surface area contributed by atoms with E-state index in [0.717, 1.165) is 25.8 Å². The van der Waals surface area contributed by atoms with E-state index in [1.165, 1.54) is 25.9 Å². The van der Waals surface area contributed by atoms with Crippen molar-refractivity contribution in [1.82, 2.24) is 10.2 Å². The molecule has 1 saturated carbocycles. The highest BCUT2D eigenvalue weighted by atomic mass is 16.4. The number of carboxylic acid groups (broad SMARTS) is 1.